The summed E-state index contributed by atoms with van der Waals surface area (Å²) in [6.07, 6.45) is 0. The van der Waals surface area contributed by atoms with Crippen molar-refractivity contribution in [2.45, 2.75) is 0 Å². The van der Waals surface area contributed by atoms with Gasteiger partial charge in [-0.05, 0) is 0 Å². The van der Waals surface area contributed by atoms with Gasteiger partial charge in [-0.3, -0.25) is 0 Å². The summed E-state index contributed by atoms with van der Waals surface area (Å²) in [6.45, 7) is 0. The Bertz CT molecular complexity index is 15.6. The molecule has 1 nitrogen and oxygen atoms in total. The molecule has 5 heavy (non-hydrogen) atoms. The molecule has 0 aromatic rings. The summed E-state index contributed by atoms with van der Waals surface area (Å²) < 4.78 is 8.25. The molecule has 0 aliphatic heterocycles. The van der Waals surface area contributed by atoms with Gasteiger partial charge in [0.05, 0.1) is 0 Å². The van der Waals surface area contributed by atoms with Crippen LogP contribution in [0.1, 0.15) is 0 Å². The molecule has 0 spiro atoms. The van der Waals surface area contributed by atoms with Crippen molar-refractivity contribution >= 4 is 21.5 Å². The Morgan fingerprint density at radius 1 is 1.80 bits per heavy atom. The van der Waals surface area contributed by atoms with Crippen LogP contribution in [0.2, 0.25) is 0 Å². The van der Waals surface area contributed by atoms with Crippen molar-refractivity contribution in [3.8, 4) is 0 Å². The van der Waals surface area contributed by atoms with Crippen LogP contribution < -0.4 is 0 Å². The Balaban J connectivity index is 0. The maximum atomic E-state index is 8.25. The van der Waals surface area contributed by atoms with E-state index in [0.717, 1.165) is 20.4 Å². The normalized spacial score (nSPS) is 4.00. The molecule has 0 aromatic carbocycles. The van der Waals surface area contributed by atoms with Crippen molar-refractivity contribution in [2.24, 2.45) is 0 Å². The standard InChI is InChI=1S/Al.Fe.O.H3Si.Ti.H/h;;;1H3;;. The Morgan fingerprint density at radius 3 is 1.80 bits per heavy atom. The number of hydrogen-bond donors (Lipinski definition) is 0. The molecule has 0 rings (SSSR count). The molecule has 0 N–H and O–H groups in total. The zero-order valence-corrected chi connectivity index (χ0v) is 9.05. The van der Waals surface area contributed by atoms with E-state index in [1.165, 1.54) is 8.80 Å². The van der Waals surface area contributed by atoms with E-state index in [1.54, 1.807) is 0 Å². The van der Waals surface area contributed by atoms with Gasteiger partial charge in [0.15, 0.2) is 0 Å². The molecule has 0 heterocycles. The van der Waals surface area contributed by atoms with Crippen LogP contribution in [0.5, 0.6) is 0 Å². The summed E-state index contributed by atoms with van der Waals surface area (Å²) in [5.41, 5.74) is 0. The first-order valence-corrected chi connectivity index (χ1v) is 10.3. The van der Waals surface area contributed by atoms with E-state index in [1.807, 2.05) is 0 Å². The molecular weight excluding hydrogens is 175 g/mol. The predicted molar refractivity (Wildman–Crippen MR) is 17.8 cm³/mol. The third-order valence-corrected chi connectivity index (χ3v) is 0. The van der Waals surface area contributed by atoms with Gasteiger partial charge in [0, 0.05) is 0 Å². The van der Waals surface area contributed by atoms with Crippen LogP contribution in [0.25, 0.3) is 0 Å². The minimum absolute atomic E-state index is 0.306. The van der Waals surface area contributed by atoms with Crippen molar-refractivity contribution in [1.29, 1.82) is 0 Å². The molecule has 0 aromatic heterocycles. The van der Waals surface area contributed by atoms with Crippen LogP contribution in [0, 0.1) is 0 Å². The second kappa shape index (κ2) is 17.1. The summed E-state index contributed by atoms with van der Waals surface area (Å²) in [7, 11) is 1.40. The van der Waals surface area contributed by atoms with E-state index >= 15 is 0 Å². The monoisotopic (exact) mass is 179 g/mol. The zero-order chi connectivity index (χ0) is 4.71. The average Bonchev–Trinajstić information content (AvgIpc) is 1.46. The van der Waals surface area contributed by atoms with E-state index in [4.69, 9.17) is 3.32 Å². The van der Waals surface area contributed by atoms with Crippen LogP contribution in [-0.4, -0.2) is 21.5 Å². The molecule has 0 saturated heterocycles. The molecule has 5 heteroatoms. The molecule has 0 radical (unpaired) electrons. The molecule has 0 aliphatic carbocycles. The van der Waals surface area contributed by atoms with Gasteiger partial charge in [-0.25, -0.2) is 0 Å². The average molecular weight is 179 g/mol. The van der Waals surface area contributed by atoms with Gasteiger partial charge >= 0.3 is 59.4 Å². The van der Waals surface area contributed by atoms with Crippen molar-refractivity contribution in [3.63, 3.8) is 0 Å². The molecule has 0 unspecified atom stereocenters. The Labute approximate surface area is 58.9 Å². The van der Waals surface area contributed by atoms with E-state index < -0.39 is 0 Å². The van der Waals surface area contributed by atoms with Crippen LogP contribution in [-0.2, 0) is 37.9 Å². The molecule has 29 valence electrons. The quantitative estimate of drug-likeness (QED) is 0.394. The first kappa shape index (κ1) is 9.92. The van der Waals surface area contributed by atoms with Crippen molar-refractivity contribution < 1.29 is 37.9 Å². The maximum absolute atomic E-state index is 8.25. The van der Waals surface area contributed by atoms with E-state index in [9.17, 15) is 0 Å². The van der Waals surface area contributed by atoms with Crippen LogP contribution in [0.4, 0.5) is 0 Å². The molecular formula is H4AlFeOSiTi. The Hall–Kier alpha value is 1.78. The van der Waals surface area contributed by atoms with Gasteiger partial charge < -0.3 is 0 Å². The van der Waals surface area contributed by atoms with Crippen molar-refractivity contribution in [3.05, 3.63) is 0 Å². The summed E-state index contributed by atoms with van der Waals surface area (Å²) in [5.74, 6) is 0. The fourth-order valence-electron chi connectivity index (χ4n) is 0. The SMILES string of the molecule is [O]=[Ti].[SiH3][AlH][Fe]. The predicted octanol–water partition coefficient (Wildman–Crippen LogP) is -1.96. The third kappa shape index (κ3) is 26.0. The molecule has 0 bridgehead atoms. The summed E-state index contributed by atoms with van der Waals surface area (Å²) in [6, 6.07) is 0. The molecule has 0 saturated carbocycles. The molecule has 0 atom stereocenters. The minimum atomic E-state index is 0.306. The summed E-state index contributed by atoms with van der Waals surface area (Å²) in [4.78, 5) is 0. The zero-order valence-electron chi connectivity index (χ0n) is 2.97. The van der Waals surface area contributed by atoms with Crippen LogP contribution >= 0.6 is 0 Å². The van der Waals surface area contributed by atoms with Crippen molar-refractivity contribution in [1.82, 2.24) is 0 Å². The van der Waals surface area contributed by atoms with Gasteiger partial charge in [0.2, 0.25) is 0 Å². The third-order valence-electron chi connectivity index (χ3n) is 0. The fourth-order valence-corrected chi connectivity index (χ4v) is 0. The topological polar surface area (TPSA) is 17.1 Å². The first-order chi connectivity index (χ1) is 2.41. The first-order valence-electron chi connectivity index (χ1n) is 1.16. The number of rotatable bonds is 0. The van der Waals surface area contributed by atoms with Gasteiger partial charge in [-0.1, -0.05) is 0 Å². The van der Waals surface area contributed by atoms with Crippen molar-refractivity contribution in [2.75, 3.05) is 0 Å². The number of hydrogen-bond acceptors (Lipinski definition) is 1. The van der Waals surface area contributed by atoms with E-state index in [-0.39, 0.29) is 0 Å². The Kier molecular flexibility index (Phi) is 33.9. The van der Waals surface area contributed by atoms with Crippen LogP contribution in [0.3, 0.4) is 0 Å². The molecule has 0 aliphatic rings. The second-order valence-corrected chi connectivity index (χ2v) is 9.28. The van der Waals surface area contributed by atoms with Gasteiger partial charge in [0.1, 0.15) is 0 Å². The molecule has 0 fully saturated rings. The van der Waals surface area contributed by atoms with Crippen LogP contribution in [0.15, 0.2) is 0 Å². The van der Waals surface area contributed by atoms with Gasteiger partial charge in [-0.15, -0.1) is 0 Å². The fraction of sp³-hybridized carbons (Fsp3) is 0. The van der Waals surface area contributed by atoms with Gasteiger partial charge in [0.25, 0.3) is 0 Å². The van der Waals surface area contributed by atoms with E-state index in [2.05, 4.69) is 14.1 Å². The second-order valence-electron chi connectivity index (χ2n) is 0.250. The summed E-state index contributed by atoms with van der Waals surface area (Å²) in [5, 5.41) is 0. The Morgan fingerprint density at radius 2 is 1.80 bits per heavy atom. The summed E-state index contributed by atoms with van der Waals surface area (Å²) >= 11 is 4.74. The van der Waals surface area contributed by atoms with Gasteiger partial charge in [-0.2, -0.15) is 0 Å². The molecule has 0 amide bonds. The van der Waals surface area contributed by atoms with E-state index in [0.29, 0.717) is 12.7 Å².